The van der Waals surface area contributed by atoms with Crippen molar-refractivity contribution in [2.24, 2.45) is 0 Å². The third kappa shape index (κ3) is 4.12. The van der Waals surface area contributed by atoms with Gasteiger partial charge in [0.1, 0.15) is 11.8 Å². The molecule has 1 fully saturated rings. The summed E-state index contributed by atoms with van der Waals surface area (Å²) in [5.41, 5.74) is 0.946. The molecule has 0 bridgehead atoms. The van der Waals surface area contributed by atoms with Gasteiger partial charge in [-0.15, -0.1) is 0 Å². The summed E-state index contributed by atoms with van der Waals surface area (Å²) >= 11 is 0. The lowest BCUT2D eigenvalue weighted by atomic mass is 10.2. The summed E-state index contributed by atoms with van der Waals surface area (Å²) in [6, 6.07) is 9.37. The Morgan fingerprint density at radius 2 is 2.24 bits per heavy atom. The van der Waals surface area contributed by atoms with Crippen LogP contribution in [0.4, 0.5) is 10.5 Å². The van der Waals surface area contributed by atoms with E-state index in [1.165, 1.54) is 0 Å². The van der Waals surface area contributed by atoms with Crippen LogP contribution in [0.25, 0.3) is 0 Å². The molecule has 0 saturated carbocycles. The van der Waals surface area contributed by atoms with Gasteiger partial charge in [-0.25, -0.2) is 4.79 Å². The van der Waals surface area contributed by atoms with Crippen LogP contribution in [0.2, 0.25) is 0 Å². The fourth-order valence-electron chi connectivity index (χ4n) is 2.33. The minimum Gasteiger partial charge on any atom is -0.444 e. The molecule has 1 heterocycles. The van der Waals surface area contributed by atoms with Crippen molar-refractivity contribution in [3.8, 4) is 6.07 Å². The average molecular weight is 287 g/mol. The third-order valence-corrected chi connectivity index (χ3v) is 3.21. The van der Waals surface area contributed by atoms with Crippen LogP contribution in [0.3, 0.4) is 0 Å². The average Bonchev–Trinajstić information content (AvgIpc) is 2.85. The quantitative estimate of drug-likeness (QED) is 0.906. The Bertz CT molecular complexity index is 557. The molecular formula is C16H21N3O2. The fraction of sp³-hybridized carbons (Fsp3) is 0.500. The van der Waals surface area contributed by atoms with Gasteiger partial charge >= 0.3 is 6.09 Å². The first-order valence-corrected chi connectivity index (χ1v) is 7.15. The number of nitrogens with one attached hydrogen (secondary N) is 1. The molecular weight excluding hydrogens is 266 g/mol. The second-order valence-corrected chi connectivity index (χ2v) is 6.17. The van der Waals surface area contributed by atoms with Gasteiger partial charge in [0.25, 0.3) is 0 Å². The second kappa shape index (κ2) is 6.04. The number of benzene rings is 1. The molecule has 1 saturated heterocycles. The summed E-state index contributed by atoms with van der Waals surface area (Å²) in [6.07, 6.45) is 1.42. The number of nitrogens with zero attached hydrogens (tertiary/aromatic N) is 2. The van der Waals surface area contributed by atoms with Crippen molar-refractivity contribution in [3.05, 3.63) is 29.8 Å². The van der Waals surface area contributed by atoms with Crippen molar-refractivity contribution in [1.29, 1.82) is 5.26 Å². The zero-order valence-electron chi connectivity index (χ0n) is 12.7. The monoisotopic (exact) mass is 287 g/mol. The Morgan fingerprint density at radius 3 is 2.90 bits per heavy atom. The van der Waals surface area contributed by atoms with E-state index in [-0.39, 0.29) is 12.3 Å². The molecule has 0 radical (unpaired) electrons. The van der Waals surface area contributed by atoms with Crippen LogP contribution in [0.1, 0.15) is 39.2 Å². The molecule has 1 N–H and O–H groups in total. The molecule has 0 aliphatic carbocycles. The van der Waals surface area contributed by atoms with E-state index in [1.807, 2.05) is 32.9 Å². The number of rotatable bonds is 2. The lowest BCUT2D eigenvalue weighted by molar-refractivity contribution is 0.0244. The number of likely N-dealkylation sites (tertiary alicyclic amines) is 1. The lowest BCUT2D eigenvalue weighted by Gasteiger charge is -2.29. The molecule has 1 amide bonds. The Kier molecular flexibility index (Phi) is 4.37. The fourth-order valence-corrected chi connectivity index (χ4v) is 2.33. The van der Waals surface area contributed by atoms with E-state index in [0.29, 0.717) is 12.1 Å². The first-order valence-electron chi connectivity index (χ1n) is 7.15. The van der Waals surface area contributed by atoms with Crippen LogP contribution in [0, 0.1) is 11.3 Å². The number of carbonyl (C=O) groups is 1. The smallest absolute Gasteiger partial charge is 0.411 e. The van der Waals surface area contributed by atoms with Gasteiger partial charge in [0.05, 0.1) is 11.6 Å². The van der Waals surface area contributed by atoms with Gasteiger partial charge < -0.3 is 10.1 Å². The summed E-state index contributed by atoms with van der Waals surface area (Å²) in [5, 5.41) is 12.2. The highest BCUT2D eigenvalue weighted by Gasteiger charge is 2.32. The minimum atomic E-state index is -0.495. The molecule has 0 aromatic heterocycles. The third-order valence-electron chi connectivity index (χ3n) is 3.21. The molecule has 1 aromatic carbocycles. The van der Waals surface area contributed by atoms with E-state index < -0.39 is 5.60 Å². The summed E-state index contributed by atoms with van der Waals surface area (Å²) in [7, 11) is 0. The van der Waals surface area contributed by atoms with E-state index in [4.69, 9.17) is 10.00 Å². The molecule has 112 valence electrons. The number of ether oxygens (including phenoxy) is 1. The number of carbonyl (C=O) groups excluding carboxylic acids is 1. The van der Waals surface area contributed by atoms with Crippen LogP contribution < -0.4 is 5.32 Å². The van der Waals surface area contributed by atoms with Gasteiger partial charge in [-0.05, 0) is 51.8 Å². The van der Waals surface area contributed by atoms with Crippen LogP contribution in [0.15, 0.2) is 24.3 Å². The molecule has 1 atom stereocenters. The Hall–Kier alpha value is -2.22. The maximum Gasteiger partial charge on any atom is 0.411 e. The SMILES string of the molecule is CC(C)(C)OC(=O)N1CCCC1Nc1cccc(C#N)c1. The largest absolute Gasteiger partial charge is 0.444 e. The van der Waals surface area contributed by atoms with E-state index in [1.54, 1.807) is 17.0 Å². The van der Waals surface area contributed by atoms with Gasteiger partial charge in [0, 0.05) is 12.2 Å². The highest BCUT2D eigenvalue weighted by molar-refractivity contribution is 5.69. The van der Waals surface area contributed by atoms with Crippen molar-refractivity contribution >= 4 is 11.8 Å². The van der Waals surface area contributed by atoms with Gasteiger partial charge in [0.15, 0.2) is 0 Å². The van der Waals surface area contributed by atoms with Gasteiger partial charge in [-0.1, -0.05) is 6.07 Å². The van der Waals surface area contributed by atoms with Gasteiger partial charge in [-0.2, -0.15) is 5.26 Å². The number of anilines is 1. The predicted molar refractivity (Wildman–Crippen MR) is 80.7 cm³/mol. The van der Waals surface area contributed by atoms with Crippen molar-refractivity contribution in [1.82, 2.24) is 4.90 Å². The topological polar surface area (TPSA) is 65.4 Å². The zero-order valence-corrected chi connectivity index (χ0v) is 12.7. The van der Waals surface area contributed by atoms with Crippen LogP contribution >= 0.6 is 0 Å². The molecule has 0 spiro atoms. The van der Waals surface area contributed by atoms with E-state index >= 15 is 0 Å². The van der Waals surface area contributed by atoms with Crippen molar-refractivity contribution in [2.45, 2.75) is 45.4 Å². The molecule has 5 nitrogen and oxygen atoms in total. The zero-order chi connectivity index (χ0) is 15.5. The number of nitriles is 1. The summed E-state index contributed by atoms with van der Waals surface area (Å²) in [6.45, 7) is 6.27. The minimum absolute atomic E-state index is 0.0891. The molecule has 1 aromatic rings. The lowest BCUT2D eigenvalue weighted by Crippen LogP contribution is -2.43. The molecule has 2 rings (SSSR count). The Morgan fingerprint density at radius 1 is 1.48 bits per heavy atom. The summed E-state index contributed by atoms with van der Waals surface area (Å²) in [5.74, 6) is 0. The maximum absolute atomic E-state index is 12.2. The molecule has 1 aliphatic rings. The molecule has 1 unspecified atom stereocenters. The summed E-state index contributed by atoms with van der Waals surface area (Å²) < 4.78 is 5.43. The Labute approximate surface area is 125 Å². The molecule has 5 heteroatoms. The van der Waals surface area contributed by atoms with Gasteiger partial charge in [-0.3, -0.25) is 4.90 Å². The maximum atomic E-state index is 12.2. The van der Waals surface area contributed by atoms with E-state index in [2.05, 4.69) is 11.4 Å². The standard InChI is InChI=1S/C16H21N3O2/c1-16(2,3)21-15(20)19-9-5-8-14(19)18-13-7-4-6-12(10-13)11-17/h4,6-7,10,14,18H,5,8-9H2,1-3H3. The number of hydrogen-bond donors (Lipinski definition) is 1. The van der Waals surface area contributed by atoms with Crippen LogP contribution in [-0.4, -0.2) is 29.3 Å². The normalized spacial score (nSPS) is 18.2. The first-order chi connectivity index (χ1) is 9.89. The second-order valence-electron chi connectivity index (χ2n) is 6.17. The first kappa shape index (κ1) is 15.2. The highest BCUT2D eigenvalue weighted by Crippen LogP contribution is 2.23. The van der Waals surface area contributed by atoms with E-state index in [9.17, 15) is 4.79 Å². The summed E-state index contributed by atoms with van der Waals surface area (Å²) in [4.78, 5) is 13.9. The number of amides is 1. The number of hydrogen-bond acceptors (Lipinski definition) is 4. The van der Waals surface area contributed by atoms with Crippen LogP contribution in [0.5, 0.6) is 0 Å². The highest BCUT2D eigenvalue weighted by atomic mass is 16.6. The van der Waals surface area contributed by atoms with E-state index in [0.717, 1.165) is 18.5 Å². The molecule has 1 aliphatic heterocycles. The van der Waals surface area contributed by atoms with Crippen molar-refractivity contribution < 1.29 is 9.53 Å². The van der Waals surface area contributed by atoms with Crippen molar-refractivity contribution in [3.63, 3.8) is 0 Å². The predicted octanol–water partition coefficient (Wildman–Crippen LogP) is 3.33. The van der Waals surface area contributed by atoms with Crippen molar-refractivity contribution in [2.75, 3.05) is 11.9 Å². The van der Waals surface area contributed by atoms with Crippen LogP contribution in [-0.2, 0) is 4.74 Å². The van der Waals surface area contributed by atoms with Gasteiger partial charge in [0.2, 0.25) is 0 Å². The molecule has 21 heavy (non-hydrogen) atoms. The Balaban J connectivity index is 2.05.